The van der Waals surface area contributed by atoms with Crippen LogP contribution < -0.4 is 5.73 Å². The molecule has 0 unspecified atom stereocenters. The lowest BCUT2D eigenvalue weighted by molar-refractivity contribution is 0.857. The van der Waals surface area contributed by atoms with E-state index in [1.807, 2.05) is 32.2 Å². The van der Waals surface area contributed by atoms with Crippen LogP contribution in [-0.2, 0) is 0 Å². The van der Waals surface area contributed by atoms with E-state index in [4.69, 9.17) is 11.1 Å². The second-order valence-corrected chi connectivity index (χ2v) is 3.40. The third-order valence-electron chi connectivity index (χ3n) is 2.08. The summed E-state index contributed by atoms with van der Waals surface area (Å²) in [6, 6.07) is 3.90. The van der Waals surface area contributed by atoms with Crippen molar-refractivity contribution in [1.82, 2.24) is 4.98 Å². The number of hydrogen-bond acceptors (Lipinski definition) is 3. The molecule has 0 bridgehead atoms. The Kier molecular flexibility index (Phi) is 6.84. The van der Waals surface area contributed by atoms with Crippen molar-refractivity contribution in [2.24, 2.45) is 5.73 Å². The molecule has 0 aromatic carbocycles. The minimum Gasteiger partial charge on any atom is -0.404 e. The molecule has 0 saturated carbocycles. The van der Waals surface area contributed by atoms with Gasteiger partial charge >= 0.3 is 0 Å². The molecule has 1 aromatic heterocycles. The van der Waals surface area contributed by atoms with Gasteiger partial charge < -0.3 is 11.1 Å². The van der Waals surface area contributed by atoms with Gasteiger partial charge in [-0.25, -0.2) is 0 Å². The van der Waals surface area contributed by atoms with Gasteiger partial charge in [-0.05, 0) is 17.5 Å². The number of aromatic nitrogens is 1. The summed E-state index contributed by atoms with van der Waals surface area (Å²) in [5.74, 6) is 0.474. The highest BCUT2D eigenvalue weighted by molar-refractivity contribution is 6.07. The van der Waals surface area contributed by atoms with E-state index in [9.17, 15) is 0 Å². The maximum Gasteiger partial charge on any atom is 0.0731 e. The molecule has 0 atom stereocenters. The van der Waals surface area contributed by atoms with Crippen LogP contribution in [0.4, 0.5) is 0 Å². The van der Waals surface area contributed by atoms with Crippen LogP contribution in [0.1, 0.15) is 44.9 Å². The SMILES string of the molecule is CC.CC(C)c1ccc(/C(C=N)=C/N)nc1. The largest absolute Gasteiger partial charge is 0.404 e. The number of hydrogen-bond donors (Lipinski definition) is 2. The fourth-order valence-electron chi connectivity index (χ4n) is 1.13. The molecule has 3 heteroatoms. The Morgan fingerprint density at radius 3 is 2.31 bits per heavy atom. The van der Waals surface area contributed by atoms with Gasteiger partial charge in [0.15, 0.2) is 0 Å². The quantitative estimate of drug-likeness (QED) is 0.767. The van der Waals surface area contributed by atoms with E-state index in [1.165, 1.54) is 18.0 Å². The maximum absolute atomic E-state index is 7.12. The molecule has 1 rings (SSSR count). The topological polar surface area (TPSA) is 62.8 Å². The highest BCUT2D eigenvalue weighted by Gasteiger charge is 2.02. The molecule has 0 aliphatic heterocycles. The summed E-state index contributed by atoms with van der Waals surface area (Å²) in [6.07, 6.45) is 4.43. The summed E-state index contributed by atoms with van der Waals surface area (Å²) < 4.78 is 0. The van der Waals surface area contributed by atoms with Crippen molar-refractivity contribution in [2.75, 3.05) is 0 Å². The normalized spacial score (nSPS) is 10.7. The summed E-state index contributed by atoms with van der Waals surface area (Å²) >= 11 is 0. The summed E-state index contributed by atoms with van der Waals surface area (Å²) in [7, 11) is 0. The first kappa shape index (κ1) is 14.4. The second-order valence-electron chi connectivity index (χ2n) is 3.40. The Morgan fingerprint density at radius 1 is 1.38 bits per heavy atom. The molecule has 0 radical (unpaired) electrons. The van der Waals surface area contributed by atoms with E-state index in [1.54, 1.807) is 0 Å². The van der Waals surface area contributed by atoms with Crippen LogP contribution >= 0.6 is 0 Å². The molecular weight excluding hydrogens is 198 g/mol. The van der Waals surface area contributed by atoms with Crippen LogP contribution in [-0.4, -0.2) is 11.2 Å². The van der Waals surface area contributed by atoms with E-state index >= 15 is 0 Å². The standard InChI is InChI=1S/C11H15N3.C2H6/c1-8(2)9-3-4-11(14-7-9)10(5-12)6-13;1-2/h3-8,12H,13H2,1-2H3;1-2H3/b10-6+,12-5?;. The van der Waals surface area contributed by atoms with Gasteiger partial charge in [-0.1, -0.05) is 33.8 Å². The molecule has 0 amide bonds. The molecule has 3 nitrogen and oxygen atoms in total. The summed E-state index contributed by atoms with van der Waals surface area (Å²) in [5.41, 5.74) is 7.93. The molecule has 0 fully saturated rings. The molecule has 1 aromatic rings. The van der Waals surface area contributed by atoms with E-state index < -0.39 is 0 Å². The molecule has 0 saturated heterocycles. The Hall–Kier alpha value is -1.64. The average molecular weight is 219 g/mol. The predicted molar refractivity (Wildman–Crippen MR) is 70.6 cm³/mol. The molecule has 16 heavy (non-hydrogen) atoms. The molecule has 0 aliphatic carbocycles. The van der Waals surface area contributed by atoms with Crippen molar-refractivity contribution >= 4 is 11.8 Å². The number of nitrogens with zero attached hydrogens (tertiary/aromatic N) is 1. The minimum absolute atomic E-state index is 0.474. The van der Waals surface area contributed by atoms with Gasteiger partial charge in [0.25, 0.3) is 0 Å². The molecular formula is C13H21N3. The van der Waals surface area contributed by atoms with Crippen molar-refractivity contribution < 1.29 is 0 Å². The Labute approximate surface area is 97.9 Å². The monoisotopic (exact) mass is 219 g/mol. The number of pyridine rings is 1. The van der Waals surface area contributed by atoms with Crippen molar-refractivity contribution in [2.45, 2.75) is 33.6 Å². The molecule has 0 aliphatic rings. The smallest absolute Gasteiger partial charge is 0.0731 e. The van der Waals surface area contributed by atoms with Crippen molar-refractivity contribution in [1.29, 1.82) is 5.41 Å². The maximum atomic E-state index is 7.12. The van der Waals surface area contributed by atoms with Gasteiger partial charge in [0.05, 0.1) is 5.69 Å². The van der Waals surface area contributed by atoms with Gasteiger partial charge in [0, 0.05) is 24.2 Å². The first-order valence-corrected chi connectivity index (χ1v) is 5.57. The minimum atomic E-state index is 0.474. The zero-order valence-electron chi connectivity index (χ0n) is 10.5. The second kappa shape index (κ2) is 7.63. The van der Waals surface area contributed by atoms with Crippen LogP contribution in [0.25, 0.3) is 5.57 Å². The van der Waals surface area contributed by atoms with E-state index in [0.29, 0.717) is 11.5 Å². The van der Waals surface area contributed by atoms with Crippen LogP contribution in [0.2, 0.25) is 0 Å². The molecule has 3 N–H and O–H groups in total. The van der Waals surface area contributed by atoms with Crippen molar-refractivity contribution in [3.8, 4) is 0 Å². The van der Waals surface area contributed by atoms with Crippen molar-refractivity contribution in [3.05, 3.63) is 35.8 Å². The first-order chi connectivity index (χ1) is 7.69. The Morgan fingerprint density at radius 2 is 2.00 bits per heavy atom. The van der Waals surface area contributed by atoms with Crippen LogP contribution in [0, 0.1) is 5.41 Å². The number of allylic oxidation sites excluding steroid dienone is 1. The predicted octanol–water partition coefficient (Wildman–Crippen LogP) is 3.18. The third-order valence-corrected chi connectivity index (χ3v) is 2.08. The Bertz CT molecular complexity index is 337. The van der Waals surface area contributed by atoms with Gasteiger partial charge in [-0.15, -0.1) is 0 Å². The average Bonchev–Trinajstić information content (AvgIpc) is 2.34. The fraction of sp³-hybridized carbons (Fsp3) is 0.385. The summed E-state index contributed by atoms with van der Waals surface area (Å²) in [5, 5.41) is 7.12. The first-order valence-electron chi connectivity index (χ1n) is 5.57. The molecule has 88 valence electrons. The lowest BCUT2D eigenvalue weighted by Crippen LogP contribution is -1.96. The van der Waals surface area contributed by atoms with Crippen molar-refractivity contribution in [3.63, 3.8) is 0 Å². The van der Waals surface area contributed by atoms with E-state index in [0.717, 1.165) is 5.69 Å². The number of rotatable bonds is 3. The molecule has 1 heterocycles. The van der Waals surface area contributed by atoms with E-state index in [2.05, 4.69) is 18.8 Å². The highest BCUT2D eigenvalue weighted by Crippen LogP contribution is 2.15. The van der Waals surface area contributed by atoms with Crippen LogP contribution in [0.15, 0.2) is 24.5 Å². The van der Waals surface area contributed by atoms with Gasteiger partial charge in [-0.3, -0.25) is 4.98 Å². The van der Waals surface area contributed by atoms with Gasteiger partial charge in [-0.2, -0.15) is 0 Å². The third kappa shape index (κ3) is 3.85. The van der Waals surface area contributed by atoms with Gasteiger partial charge in [0.1, 0.15) is 0 Å². The van der Waals surface area contributed by atoms with Gasteiger partial charge in [0.2, 0.25) is 0 Å². The van der Waals surface area contributed by atoms with E-state index in [-0.39, 0.29) is 0 Å². The zero-order valence-corrected chi connectivity index (χ0v) is 10.5. The summed E-state index contributed by atoms with van der Waals surface area (Å²) in [4.78, 5) is 4.24. The lowest BCUT2D eigenvalue weighted by atomic mass is 10.0. The fourth-order valence-corrected chi connectivity index (χ4v) is 1.13. The van der Waals surface area contributed by atoms with Crippen LogP contribution in [0.3, 0.4) is 0 Å². The number of nitrogens with one attached hydrogen (secondary N) is 1. The molecule has 0 spiro atoms. The number of nitrogens with two attached hydrogens (primary N) is 1. The van der Waals surface area contributed by atoms with Crippen LogP contribution in [0.5, 0.6) is 0 Å². The Balaban J connectivity index is 0.00000106. The zero-order chi connectivity index (χ0) is 12.6. The highest BCUT2D eigenvalue weighted by atomic mass is 14.7. The summed E-state index contributed by atoms with van der Waals surface area (Å²) in [6.45, 7) is 8.24. The lowest BCUT2D eigenvalue weighted by Gasteiger charge is -2.05.